The maximum atomic E-state index is 10.1. The predicted molar refractivity (Wildman–Crippen MR) is 65.6 cm³/mol. The van der Waals surface area contributed by atoms with Crippen LogP contribution >= 0.6 is 0 Å². The van der Waals surface area contributed by atoms with Gasteiger partial charge in [0.15, 0.2) is 0 Å². The number of hydrogen-bond donors (Lipinski definition) is 1. The highest BCUT2D eigenvalue weighted by atomic mass is 16.5. The van der Waals surface area contributed by atoms with Gasteiger partial charge in [-0.2, -0.15) is 0 Å². The summed E-state index contributed by atoms with van der Waals surface area (Å²) < 4.78 is 5.35. The summed E-state index contributed by atoms with van der Waals surface area (Å²) in [5.74, 6) is 0. The molecule has 1 N–H and O–H groups in total. The molecule has 0 aliphatic heterocycles. The van der Waals surface area contributed by atoms with Gasteiger partial charge in [0.2, 0.25) is 0 Å². The first-order valence-corrected chi connectivity index (χ1v) is 5.78. The molecule has 2 rings (SSSR count). The molecule has 0 radical (unpaired) electrons. The van der Waals surface area contributed by atoms with E-state index in [9.17, 15) is 5.11 Å². The van der Waals surface area contributed by atoms with Crippen molar-refractivity contribution in [2.45, 2.75) is 19.4 Å². The molecule has 1 aromatic heterocycles. The van der Waals surface area contributed by atoms with Crippen LogP contribution < -0.4 is 0 Å². The zero-order chi connectivity index (χ0) is 12.1. The number of fused-ring (bicyclic) bond motifs is 1. The summed E-state index contributed by atoms with van der Waals surface area (Å²) in [6.45, 7) is 2.99. The lowest BCUT2D eigenvalue weighted by Gasteiger charge is -2.12. The maximum absolute atomic E-state index is 10.1. The van der Waals surface area contributed by atoms with E-state index in [1.54, 1.807) is 12.4 Å². The molecular formula is C13H16N2O2. The standard InChI is InChI=1S/C13H16N2O2/c1-2-8-17-9-12(16)10-4-3-5-11-13(10)15-7-6-14-11/h3-7,12,16H,2,8-9H2,1H3. The number of para-hydroxylation sites is 1. The van der Waals surface area contributed by atoms with Crippen LogP contribution in [-0.4, -0.2) is 28.3 Å². The number of aliphatic hydroxyl groups is 1. The Kier molecular flexibility index (Phi) is 4.01. The Morgan fingerprint density at radius 1 is 1.29 bits per heavy atom. The summed E-state index contributed by atoms with van der Waals surface area (Å²) in [6.07, 6.45) is 3.57. The Hall–Kier alpha value is -1.52. The Bertz CT molecular complexity index is 482. The number of hydrogen-bond acceptors (Lipinski definition) is 4. The van der Waals surface area contributed by atoms with E-state index in [2.05, 4.69) is 9.97 Å². The lowest BCUT2D eigenvalue weighted by Crippen LogP contribution is -2.08. The van der Waals surface area contributed by atoms with E-state index < -0.39 is 6.10 Å². The van der Waals surface area contributed by atoms with Crippen molar-refractivity contribution in [3.63, 3.8) is 0 Å². The highest BCUT2D eigenvalue weighted by molar-refractivity contribution is 5.77. The van der Waals surface area contributed by atoms with Gasteiger partial charge in [-0.05, 0) is 12.5 Å². The molecule has 4 nitrogen and oxygen atoms in total. The number of aromatic nitrogens is 2. The van der Waals surface area contributed by atoms with Gasteiger partial charge >= 0.3 is 0 Å². The second kappa shape index (κ2) is 5.70. The second-order valence-corrected chi connectivity index (χ2v) is 3.86. The van der Waals surface area contributed by atoms with Crippen LogP contribution in [0.1, 0.15) is 25.0 Å². The number of nitrogens with zero attached hydrogens (tertiary/aromatic N) is 2. The van der Waals surface area contributed by atoms with Gasteiger partial charge in [-0.3, -0.25) is 9.97 Å². The van der Waals surface area contributed by atoms with Gasteiger partial charge in [0, 0.05) is 24.6 Å². The molecule has 0 aliphatic carbocycles. The van der Waals surface area contributed by atoms with Crippen LogP contribution in [0.4, 0.5) is 0 Å². The molecule has 0 aliphatic rings. The Morgan fingerprint density at radius 2 is 2.12 bits per heavy atom. The van der Waals surface area contributed by atoms with Gasteiger partial charge < -0.3 is 9.84 Å². The third kappa shape index (κ3) is 2.78. The first kappa shape index (κ1) is 12.0. The van der Waals surface area contributed by atoms with Crippen molar-refractivity contribution >= 4 is 11.0 Å². The van der Waals surface area contributed by atoms with Gasteiger partial charge in [-0.15, -0.1) is 0 Å². The van der Waals surface area contributed by atoms with E-state index in [1.807, 2.05) is 25.1 Å². The number of ether oxygens (including phenoxy) is 1. The first-order valence-electron chi connectivity index (χ1n) is 5.78. The third-order valence-electron chi connectivity index (χ3n) is 2.51. The van der Waals surface area contributed by atoms with Crippen molar-refractivity contribution in [2.24, 2.45) is 0 Å². The molecule has 2 aromatic rings. The van der Waals surface area contributed by atoms with Crippen molar-refractivity contribution in [3.05, 3.63) is 36.2 Å². The predicted octanol–water partition coefficient (Wildman–Crippen LogP) is 2.09. The molecule has 1 heterocycles. The summed E-state index contributed by atoms with van der Waals surface area (Å²) in [5.41, 5.74) is 2.30. The Labute approximate surface area is 100 Å². The van der Waals surface area contributed by atoms with Crippen LogP contribution in [0.2, 0.25) is 0 Å². The summed E-state index contributed by atoms with van der Waals surface area (Å²) in [7, 11) is 0. The molecule has 1 atom stereocenters. The van der Waals surface area contributed by atoms with Gasteiger partial charge in [0.1, 0.15) is 6.10 Å². The van der Waals surface area contributed by atoms with Gasteiger partial charge in [0.25, 0.3) is 0 Å². The smallest absolute Gasteiger partial charge is 0.104 e. The average Bonchev–Trinajstić information content (AvgIpc) is 2.38. The summed E-state index contributed by atoms with van der Waals surface area (Å²) in [6, 6.07) is 5.61. The van der Waals surface area contributed by atoms with E-state index in [-0.39, 0.29) is 0 Å². The summed E-state index contributed by atoms with van der Waals surface area (Å²) in [4.78, 5) is 8.46. The minimum absolute atomic E-state index is 0.295. The molecule has 1 unspecified atom stereocenters. The van der Waals surface area contributed by atoms with E-state index in [0.29, 0.717) is 13.2 Å². The highest BCUT2D eigenvalue weighted by Crippen LogP contribution is 2.21. The Balaban J connectivity index is 2.22. The monoisotopic (exact) mass is 232 g/mol. The molecule has 0 saturated heterocycles. The van der Waals surface area contributed by atoms with Crippen LogP contribution in [0, 0.1) is 0 Å². The van der Waals surface area contributed by atoms with Crippen LogP contribution in [0.3, 0.4) is 0 Å². The molecule has 0 amide bonds. The number of rotatable bonds is 5. The summed E-state index contributed by atoms with van der Waals surface area (Å²) >= 11 is 0. The van der Waals surface area contributed by atoms with Crippen LogP contribution in [-0.2, 0) is 4.74 Å². The molecular weight excluding hydrogens is 216 g/mol. The van der Waals surface area contributed by atoms with Crippen molar-refractivity contribution in [2.75, 3.05) is 13.2 Å². The molecule has 90 valence electrons. The van der Waals surface area contributed by atoms with E-state index in [1.165, 1.54) is 0 Å². The summed E-state index contributed by atoms with van der Waals surface area (Å²) in [5, 5.41) is 10.1. The zero-order valence-corrected chi connectivity index (χ0v) is 9.84. The minimum atomic E-state index is -0.651. The van der Waals surface area contributed by atoms with Crippen LogP contribution in [0.25, 0.3) is 11.0 Å². The normalized spacial score (nSPS) is 12.8. The van der Waals surface area contributed by atoms with Crippen molar-refractivity contribution in [3.8, 4) is 0 Å². The number of aliphatic hydroxyl groups excluding tert-OH is 1. The van der Waals surface area contributed by atoms with E-state index in [0.717, 1.165) is 23.0 Å². The minimum Gasteiger partial charge on any atom is -0.386 e. The van der Waals surface area contributed by atoms with Crippen molar-refractivity contribution in [1.82, 2.24) is 9.97 Å². The fraction of sp³-hybridized carbons (Fsp3) is 0.385. The average molecular weight is 232 g/mol. The lowest BCUT2D eigenvalue weighted by atomic mass is 10.1. The van der Waals surface area contributed by atoms with Gasteiger partial charge in [-0.1, -0.05) is 19.1 Å². The molecule has 0 fully saturated rings. The third-order valence-corrected chi connectivity index (χ3v) is 2.51. The van der Waals surface area contributed by atoms with Crippen molar-refractivity contribution in [1.29, 1.82) is 0 Å². The molecule has 17 heavy (non-hydrogen) atoms. The molecule has 0 spiro atoms. The highest BCUT2D eigenvalue weighted by Gasteiger charge is 2.12. The lowest BCUT2D eigenvalue weighted by molar-refractivity contribution is 0.0370. The van der Waals surface area contributed by atoms with Gasteiger partial charge in [-0.25, -0.2) is 0 Å². The number of benzene rings is 1. The van der Waals surface area contributed by atoms with Crippen LogP contribution in [0.5, 0.6) is 0 Å². The Morgan fingerprint density at radius 3 is 2.94 bits per heavy atom. The topological polar surface area (TPSA) is 55.2 Å². The molecule has 0 bridgehead atoms. The first-order chi connectivity index (χ1) is 8.33. The van der Waals surface area contributed by atoms with E-state index in [4.69, 9.17) is 4.74 Å². The zero-order valence-electron chi connectivity index (χ0n) is 9.84. The van der Waals surface area contributed by atoms with E-state index >= 15 is 0 Å². The van der Waals surface area contributed by atoms with Crippen LogP contribution in [0.15, 0.2) is 30.6 Å². The molecule has 0 saturated carbocycles. The SMILES string of the molecule is CCCOCC(O)c1cccc2nccnc12. The quantitative estimate of drug-likeness (QED) is 0.802. The fourth-order valence-electron chi connectivity index (χ4n) is 1.71. The molecule has 4 heteroatoms. The molecule has 1 aromatic carbocycles. The van der Waals surface area contributed by atoms with Gasteiger partial charge in [0.05, 0.1) is 17.6 Å². The maximum Gasteiger partial charge on any atom is 0.104 e. The second-order valence-electron chi connectivity index (χ2n) is 3.86. The largest absolute Gasteiger partial charge is 0.386 e. The fourth-order valence-corrected chi connectivity index (χ4v) is 1.71. The van der Waals surface area contributed by atoms with Crippen molar-refractivity contribution < 1.29 is 9.84 Å².